The van der Waals surface area contributed by atoms with Gasteiger partial charge in [0, 0.05) is 24.2 Å². The van der Waals surface area contributed by atoms with Crippen LogP contribution in [0.5, 0.6) is 11.5 Å². The molecule has 6 heteroatoms. The van der Waals surface area contributed by atoms with Crippen LogP contribution in [0.15, 0.2) is 28.8 Å². The van der Waals surface area contributed by atoms with Crippen molar-refractivity contribution in [1.82, 2.24) is 10.1 Å². The molecule has 0 bridgehead atoms. The predicted octanol–water partition coefficient (Wildman–Crippen LogP) is 5.47. The highest BCUT2D eigenvalue weighted by Gasteiger charge is 2.34. The topological polar surface area (TPSA) is 64.8 Å². The summed E-state index contributed by atoms with van der Waals surface area (Å²) < 4.78 is 16.4. The predicted molar refractivity (Wildman–Crippen MR) is 115 cm³/mol. The van der Waals surface area contributed by atoms with E-state index in [0.717, 1.165) is 31.2 Å². The van der Waals surface area contributed by atoms with Gasteiger partial charge in [0.2, 0.25) is 0 Å². The zero-order valence-corrected chi connectivity index (χ0v) is 18.1. The van der Waals surface area contributed by atoms with Crippen molar-refractivity contribution in [1.29, 1.82) is 0 Å². The number of rotatable bonds is 6. The lowest BCUT2D eigenvalue weighted by atomic mass is 9.88. The van der Waals surface area contributed by atoms with E-state index in [2.05, 4.69) is 10.1 Å². The maximum Gasteiger partial charge on any atom is 0.276 e. The van der Waals surface area contributed by atoms with Gasteiger partial charge in [0.1, 0.15) is 11.5 Å². The van der Waals surface area contributed by atoms with Gasteiger partial charge in [-0.1, -0.05) is 43.7 Å². The number of methoxy groups -OCH3 is 2. The maximum atomic E-state index is 13.6. The Bertz CT molecular complexity index is 833. The van der Waals surface area contributed by atoms with Gasteiger partial charge in [0.25, 0.3) is 5.91 Å². The lowest BCUT2D eigenvalue weighted by Gasteiger charge is -2.41. The molecule has 2 fully saturated rings. The first-order valence-electron chi connectivity index (χ1n) is 11.2. The van der Waals surface area contributed by atoms with Crippen LogP contribution in [0, 0.1) is 0 Å². The van der Waals surface area contributed by atoms with Crippen LogP contribution in [-0.2, 0) is 0 Å². The first kappa shape index (κ1) is 20.8. The molecule has 1 aromatic carbocycles. The van der Waals surface area contributed by atoms with Gasteiger partial charge in [-0.3, -0.25) is 4.79 Å². The molecule has 2 saturated carbocycles. The minimum absolute atomic E-state index is 0.0104. The van der Waals surface area contributed by atoms with Gasteiger partial charge in [0.05, 0.1) is 19.8 Å². The standard InChI is InChI=1S/C24H32N2O4/c1-28-19-13-14-20(22(15-19)29-2)23-16-21(25-30-23)24(27)26(17-9-5-3-6-10-17)18-11-7-4-8-12-18/h13-18H,3-12H2,1-2H3. The summed E-state index contributed by atoms with van der Waals surface area (Å²) in [6, 6.07) is 7.92. The minimum atomic E-state index is 0.0104. The third-order valence-electron chi connectivity index (χ3n) is 6.57. The average Bonchev–Trinajstić information content (AvgIpc) is 3.30. The van der Waals surface area contributed by atoms with E-state index in [1.807, 2.05) is 12.1 Å². The number of hydrogen-bond donors (Lipinski definition) is 0. The number of hydrogen-bond acceptors (Lipinski definition) is 5. The van der Waals surface area contributed by atoms with Crippen LogP contribution >= 0.6 is 0 Å². The van der Waals surface area contributed by atoms with Gasteiger partial charge in [-0.15, -0.1) is 0 Å². The highest BCUT2D eigenvalue weighted by Crippen LogP contribution is 2.35. The summed E-state index contributed by atoms with van der Waals surface area (Å²) in [5.74, 6) is 1.87. The summed E-state index contributed by atoms with van der Waals surface area (Å²) >= 11 is 0. The van der Waals surface area contributed by atoms with Crippen LogP contribution in [0.4, 0.5) is 0 Å². The molecule has 4 rings (SSSR count). The smallest absolute Gasteiger partial charge is 0.276 e. The molecule has 2 aromatic rings. The average molecular weight is 413 g/mol. The lowest BCUT2D eigenvalue weighted by Crippen LogP contribution is -2.48. The molecule has 6 nitrogen and oxygen atoms in total. The molecular formula is C24H32N2O4. The van der Waals surface area contributed by atoms with Gasteiger partial charge < -0.3 is 18.9 Å². The second-order valence-electron chi connectivity index (χ2n) is 8.44. The van der Waals surface area contributed by atoms with Gasteiger partial charge in [-0.2, -0.15) is 0 Å². The van der Waals surface area contributed by atoms with Gasteiger partial charge in [-0.05, 0) is 37.8 Å². The summed E-state index contributed by atoms with van der Waals surface area (Å²) in [6.45, 7) is 0. The summed E-state index contributed by atoms with van der Waals surface area (Å²) in [5, 5.41) is 4.17. The van der Waals surface area contributed by atoms with Crippen LogP contribution in [0.3, 0.4) is 0 Å². The number of amides is 1. The fourth-order valence-corrected chi connectivity index (χ4v) is 4.99. The monoisotopic (exact) mass is 412 g/mol. The van der Waals surface area contributed by atoms with Gasteiger partial charge in [-0.25, -0.2) is 0 Å². The number of ether oxygens (including phenoxy) is 2. The van der Waals surface area contributed by atoms with E-state index in [1.54, 1.807) is 26.4 Å². The number of carbonyl (C=O) groups excluding carboxylic acids is 1. The molecule has 0 atom stereocenters. The Morgan fingerprint density at radius 1 is 0.933 bits per heavy atom. The van der Waals surface area contributed by atoms with E-state index in [-0.39, 0.29) is 5.91 Å². The molecule has 1 amide bonds. The molecule has 1 heterocycles. The third kappa shape index (κ3) is 4.32. The molecule has 0 radical (unpaired) electrons. The molecule has 0 spiro atoms. The Morgan fingerprint density at radius 2 is 1.57 bits per heavy atom. The van der Waals surface area contributed by atoms with Crippen LogP contribution in [-0.4, -0.2) is 42.3 Å². The van der Waals surface area contributed by atoms with Crippen LogP contribution in [0.2, 0.25) is 0 Å². The zero-order valence-electron chi connectivity index (χ0n) is 18.1. The van der Waals surface area contributed by atoms with Crippen molar-refractivity contribution < 1.29 is 18.8 Å². The van der Waals surface area contributed by atoms with E-state index in [4.69, 9.17) is 14.0 Å². The van der Waals surface area contributed by atoms with Gasteiger partial charge in [0.15, 0.2) is 11.5 Å². The largest absolute Gasteiger partial charge is 0.497 e. The summed E-state index contributed by atoms with van der Waals surface area (Å²) in [4.78, 5) is 15.8. The number of carbonyl (C=O) groups is 1. The fraction of sp³-hybridized carbons (Fsp3) is 0.583. The fourth-order valence-electron chi connectivity index (χ4n) is 4.99. The Balaban J connectivity index is 1.60. The Hall–Kier alpha value is -2.50. The number of nitrogens with zero attached hydrogens (tertiary/aromatic N) is 2. The quantitative estimate of drug-likeness (QED) is 0.630. The number of benzene rings is 1. The Morgan fingerprint density at radius 3 is 2.13 bits per heavy atom. The van der Waals surface area contributed by atoms with Crippen LogP contribution < -0.4 is 9.47 Å². The maximum absolute atomic E-state index is 13.6. The van der Waals surface area contributed by atoms with E-state index in [0.29, 0.717) is 35.0 Å². The first-order valence-corrected chi connectivity index (χ1v) is 11.2. The normalized spacial score (nSPS) is 18.2. The Kier molecular flexibility index (Phi) is 6.60. The highest BCUT2D eigenvalue weighted by atomic mass is 16.5. The zero-order chi connectivity index (χ0) is 20.9. The lowest BCUT2D eigenvalue weighted by molar-refractivity contribution is 0.0438. The van der Waals surface area contributed by atoms with E-state index in [1.165, 1.54) is 38.5 Å². The van der Waals surface area contributed by atoms with Crippen LogP contribution in [0.1, 0.15) is 74.7 Å². The van der Waals surface area contributed by atoms with Crippen molar-refractivity contribution in [2.24, 2.45) is 0 Å². The molecule has 0 N–H and O–H groups in total. The van der Waals surface area contributed by atoms with Crippen LogP contribution in [0.25, 0.3) is 11.3 Å². The van der Waals surface area contributed by atoms with E-state index in [9.17, 15) is 4.79 Å². The van der Waals surface area contributed by atoms with Crippen molar-refractivity contribution in [3.8, 4) is 22.8 Å². The Labute approximate surface area is 178 Å². The van der Waals surface area contributed by atoms with Crippen molar-refractivity contribution in [3.63, 3.8) is 0 Å². The minimum Gasteiger partial charge on any atom is -0.497 e. The van der Waals surface area contributed by atoms with E-state index < -0.39 is 0 Å². The van der Waals surface area contributed by atoms with Crippen molar-refractivity contribution in [2.75, 3.05) is 14.2 Å². The molecular weight excluding hydrogens is 380 g/mol. The summed E-state index contributed by atoms with van der Waals surface area (Å²) in [6.07, 6.45) is 11.7. The number of aromatic nitrogens is 1. The molecule has 0 saturated heterocycles. The summed E-state index contributed by atoms with van der Waals surface area (Å²) in [5.41, 5.74) is 1.14. The van der Waals surface area contributed by atoms with Crippen molar-refractivity contribution in [2.45, 2.75) is 76.3 Å². The molecule has 0 unspecified atom stereocenters. The molecule has 2 aliphatic rings. The molecule has 0 aliphatic heterocycles. The van der Waals surface area contributed by atoms with E-state index >= 15 is 0 Å². The second-order valence-corrected chi connectivity index (χ2v) is 8.44. The third-order valence-corrected chi connectivity index (χ3v) is 6.57. The molecule has 30 heavy (non-hydrogen) atoms. The SMILES string of the molecule is COc1ccc(-c2cc(C(=O)N(C3CCCCC3)C3CCCCC3)no2)c(OC)c1. The van der Waals surface area contributed by atoms with Gasteiger partial charge >= 0.3 is 0 Å². The van der Waals surface area contributed by atoms with Crippen molar-refractivity contribution >= 4 is 5.91 Å². The molecule has 2 aliphatic carbocycles. The first-order chi connectivity index (χ1) is 14.7. The highest BCUT2D eigenvalue weighted by molar-refractivity contribution is 5.93. The van der Waals surface area contributed by atoms with Crippen molar-refractivity contribution in [3.05, 3.63) is 30.0 Å². The molecule has 1 aromatic heterocycles. The summed E-state index contributed by atoms with van der Waals surface area (Å²) in [7, 11) is 3.22. The molecule has 162 valence electrons. The second kappa shape index (κ2) is 9.54.